The molecule has 1 aromatic heterocycles. The molecular weight excluding hydrogens is 181 g/mol. The van der Waals surface area contributed by atoms with Crippen LogP contribution in [-0.2, 0) is 10.4 Å². The van der Waals surface area contributed by atoms with Crippen LogP contribution in [0.15, 0.2) is 18.3 Å². The van der Waals surface area contributed by atoms with Crippen LogP contribution in [0.1, 0.15) is 5.56 Å². The van der Waals surface area contributed by atoms with E-state index in [0.717, 1.165) is 0 Å². The highest BCUT2D eigenvalue weighted by Crippen LogP contribution is 2.33. The van der Waals surface area contributed by atoms with Gasteiger partial charge in [-0.25, -0.2) is 9.37 Å². The summed E-state index contributed by atoms with van der Waals surface area (Å²) in [6.07, 6.45) is 1.45. The summed E-state index contributed by atoms with van der Waals surface area (Å²) in [7, 11) is 0. The Morgan fingerprint density at radius 2 is 2.25 bits per heavy atom. The zero-order valence-electron chi connectivity index (χ0n) is 6.26. The molecule has 2 rings (SSSR count). The summed E-state index contributed by atoms with van der Waals surface area (Å²) in [5.41, 5.74) is -0.796. The van der Waals surface area contributed by atoms with Crippen LogP contribution in [0, 0.1) is 0 Å². The van der Waals surface area contributed by atoms with Gasteiger partial charge in [0.05, 0.1) is 13.2 Å². The van der Waals surface area contributed by atoms with Crippen LogP contribution in [0.3, 0.4) is 0 Å². The Labute approximate surface area is 74.3 Å². The van der Waals surface area contributed by atoms with Gasteiger partial charge in [-0.1, -0.05) is 17.7 Å². The van der Waals surface area contributed by atoms with Crippen LogP contribution >= 0.6 is 11.6 Å². The molecule has 0 radical (unpaired) electrons. The van der Waals surface area contributed by atoms with E-state index in [-0.39, 0.29) is 13.2 Å². The SMILES string of the molecule is FC1(c2ccc(Cl)nc2)COC1. The maximum absolute atomic E-state index is 13.6. The van der Waals surface area contributed by atoms with Crippen LogP contribution in [0.25, 0.3) is 0 Å². The van der Waals surface area contributed by atoms with Crippen molar-refractivity contribution in [2.75, 3.05) is 13.2 Å². The zero-order valence-corrected chi connectivity index (χ0v) is 7.01. The second-order valence-electron chi connectivity index (χ2n) is 2.83. The number of ether oxygens (including phenoxy) is 1. The number of aromatic nitrogens is 1. The monoisotopic (exact) mass is 187 g/mol. The van der Waals surface area contributed by atoms with Gasteiger partial charge in [0.15, 0.2) is 5.67 Å². The van der Waals surface area contributed by atoms with Crippen LogP contribution < -0.4 is 0 Å². The van der Waals surface area contributed by atoms with E-state index in [1.807, 2.05) is 0 Å². The van der Waals surface area contributed by atoms with Crippen LogP contribution in [0.5, 0.6) is 0 Å². The molecule has 0 spiro atoms. The number of halogens is 2. The molecule has 0 bridgehead atoms. The largest absolute Gasteiger partial charge is 0.374 e. The molecule has 1 fully saturated rings. The fourth-order valence-corrected chi connectivity index (χ4v) is 1.20. The molecule has 4 heteroatoms. The van der Waals surface area contributed by atoms with Gasteiger partial charge in [0.25, 0.3) is 0 Å². The Balaban J connectivity index is 2.28. The average molecular weight is 188 g/mol. The van der Waals surface area contributed by atoms with E-state index < -0.39 is 5.67 Å². The van der Waals surface area contributed by atoms with E-state index >= 15 is 0 Å². The zero-order chi connectivity index (χ0) is 8.60. The first-order valence-electron chi connectivity index (χ1n) is 3.59. The second-order valence-corrected chi connectivity index (χ2v) is 3.21. The van der Waals surface area contributed by atoms with E-state index in [9.17, 15) is 4.39 Å². The third-order valence-corrected chi connectivity index (χ3v) is 2.13. The summed E-state index contributed by atoms with van der Waals surface area (Å²) >= 11 is 5.56. The van der Waals surface area contributed by atoms with Gasteiger partial charge >= 0.3 is 0 Å². The molecule has 0 atom stereocenters. The van der Waals surface area contributed by atoms with Crippen LogP contribution in [-0.4, -0.2) is 18.2 Å². The van der Waals surface area contributed by atoms with Gasteiger partial charge in [0, 0.05) is 11.8 Å². The fraction of sp³-hybridized carbons (Fsp3) is 0.375. The number of rotatable bonds is 1. The molecule has 0 aromatic carbocycles. The number of hydrogen-bond donors (Lipinski definition) is 0. The van der Waals surface area contributed by atoms with E-state index in [2.05, 4.69) is 4.98 Å². The maximum Gasteiger partial charge on any atom is 0.183 e. The first kappa shape index (κ1) is 7.95. The molecule has 1 aliphatic heterocycles. The highest BCUT2D eigenvalue weighted by atomic mass is 35.5. The third-order valence-electron chi connectivity index (χ3n) is 1.91. The molecule has 0 saturated carbocycles. The number of alkyl halides is 1. The minimum atomic E-state index is -1.34. The lowest BCUT2D eigenvalue weighted by Gasteiger charge is -2.33. The lowest BCUT2D eigenvalue weighted by Crippen LogP contribution is -2.42. The standard InChI is InChI=1S/C8H7ClFNO/c9-7-2-1-6(3-11-7)8(10)4-12-5-8/h1-3H,4-5H2. The van der Waals surface area contributed by atoms with Gasteiger partial charge in [0.2, 0.25) is 0 Å². The van der Waals surface area contributed by atoms with Crippen LogP contribution in [0.4, 0.5) is 4.39 Å². The van der Waals surface area contributed by atoms with Crippen molar-refractivity contribution >= 4 is 11.6 Å². The quantitative estimate of drug-likeness (QED) is 0.627. The molecule has 2 nitrogen and oxygen atoms in total. The Bertz CT molecular complexity index is 284. The predicted molar refractivity (Wildman–Crippen MR) is 42.9 cm³/mol. The minimum absolute atomic E-state index is 0.121. The van der Waals surface area contributed by atoms with Gasteiger partial charge in [-0.3, -0.25) is 0 Å². The molecule has 0 amide bonds. The van der Waals surface area contributed by atoms with Crippen molar-refractivity contribution in [1.29, 1.82) is 0 Å². The summed E-state index contributed by atoms with van der Waals surface area (Å²) in [4.78, 5) is 3.80. The first-order valence-corrected chi connectivity index (χ1v) is 3.97. The number of nitrogens with zero attached hydrogens (tertiary/aromatic N) is 1. The van der Waals surface area contributed by atoms with Gasteiger partial charge in [-0.2, -0.15) is 0 Å². The summed E-state index contributed by atoms with van der Waals surface area (Å²) < 4.78 is 18.3. The molecule has 0 aliphatic carbocycles. The lowest BCUT2D eigenvalue weighted by molar-refractivity contribution is -0.135. The van der Waals surface area contributed by atoms with E-state index in [1.165, 1.54) is 6.20 Å². The Kier molecular flexibility index (Phi) is 1.77. The smallest absolute Gasteiger partial charge is 0.183 e. The summed E-state index contributed by atoms with van der Waals surface area (Å²) in [5.74, 6) is 0. The highest BCUT2D eigenvalue weighted by Gasteiger charge is 2.40. The van der Waals surface area contributed by atoms with E-state index in [4.69, 9.17) is 16.3 Å². The average Bonchev–Trinajstić information content (AvgIpc) is 2.02. The van der Waals surface area contributed by atoms with Crippen molar-refractivity contribution in [2.24, 2.45) is 0 Å². The summed E-state index contributed by atoms with van der Waals surface area (Å²) in [6.45, 7) is 0.243. The lowest BCUT2D eigenvalue weighted by atomic mass is 9.96. The molecule has 1 aromatic rings. The Morgan fingerprint density at radius 3 is 2.67 bits per heavy atom. The Morgan fingerprint density at radius 1 is 1.50 bits per heavy atom. The van der Waals surface area contributed by atoms with Crippen molar-refractivity contribution < 1.29 is 9.13 Å². The minimum Gasteiger partial charge on any atom is -0.374 e. The Hall–Kier alpha value is -0.670. The first-order chi connectivity index (χ1) is 5.71. The van der Waals surface area contributed by atoms with Crippen molar-refractivity contribution in [3.63, 3.8) is 0 Å². The molecular formula is C8H7ClFNO. The number of hydrogen-bond acceptors (Lipinski definition) is 2. The van der Waals surface area contributed by atoms with Crippen LogP contribution in [0.2, 0.25) is 5.15 Å². The molecule has 12 heavy (non-hydrogen) atoms. The normalized spacial score (nSPS) is 20.2. The van der Waals surface area contributed by atoms with Crippen molar-refractivity contribution in [3.05, 3.63) is 29.0 Å². The van der Waals surface area contributed by atoms with Crippen molar-refractivity contribution in [1.82, 2.24) is 4.98 Å². The maximum atomic E-state index is 13.6. The van der Waals surface area contributed by atoms with Crippen molar-refractivity contribution in [2.45, 2.75) is 5.67 Å². The van der Waals surface area contributed by atoms with E-state index in [0.29, 0.717) is 10.7 Å². The molecule has 64 valence electrons. The number of pyridine rings is 1. The second kappa shape index (κ2) is 2.68. The highest BCUT2D eigenvalue weighted by molar-refractivity contribution is 6.29. The molecule has 0 N–H and O–H groups in total. The third kappa shape index (κ3) is 1.19. The van der Waals surface area contributed by atoms with Gasteiger partial charge in [-0.05, 0) is 6.07 Å². The predicted octanol–water partition coefficient (Wildman–Crippen LogP) is 1.93. The molecule has 1 saturated heterocycles. The van der Waals surface area contributed by atoms with E-state index in [1.54, 1.807) is 12.1 Å². The molecule has 0 unspecified atom stereocenters. The van der Waals surface area contributed by atoms with Crippen molar-refractivity contribution in [3.8, 4) is 0 Å². The fourth-order valence-electron chi connectivity index (χ4n) is 1.09. The summed E-state index contributed by atoms with van der Waals surface area (Å²) in [6, 6.07) is 3.22. The summed E-state index contributed by atoms with van der Waals surface area (Å²) in [5, 5.41) is 0.377. The topological polar surface area (TPSA) is 22.1 Å². The molecule has 2 heterocycles. The van der Waals surface area contributed by atoms with Gasteiger partial charge in [-0.15, -0.1) is 0 Å². The molecule has 1 aliphatic rings. The van der Waals surface area contributed by atoms with Gasteiger partial charge in [0.1, 0.15) is 5.15 Å². The van der Waals surface area contributed by atoms with Gasteiger partial charge < -0.3 is 4.74 Å².